The summed E-state index contributed by atoms with van der Waals surface area (Å²) >= 11 is 0. The molecule has 0 bridgehead atoms. The third-order valence-electron chi connectivity index (χ3n) is 1.11. The van der Waals surface area contributed by atoms with Crippen LogP contribution in [0.4, 0.5) is 3.89 Å². The fourth-order valence-electron chi connectivity index (χ4n) is 0.685. The Labute approximate surface area is 88.8 Å². The van der Waals surface area contributed by atoms with Gasteiger partial charge in [0.25, 0.3) is 0 Å². The first-order chi connectivity index (χ1) is 6.60. The summed E-state index contributed by atoms with van der Waals surface area (Å²) in [6.07, 6.45) is 0. The summed E-state index contributed by atoms with van der Waals surface area (Å²) in [5.41, 5.74) is -0.618. The molecule has 0 radical (unpaired) electrons. The van der Waals surface area contributed by atoms with Crippen molar-refractivity contribution in [1.82, 2.24) is 0 Å². The van der Waals surface area contributed by atoms with Crippen molar-refractivity contribution in [3.05, 3.63) is 0 Å². The summed E-state index contributed by atoms with van der Waals surface area (Å²) in [6, 6.07) is 0. The summed E-state index contributed by atoms with van der Waals surface area (Å²) < 4.78 is 41.5. The molecular weight excluding hydrogens is 227 g/mol. The van der Waals surface area contributed by atoms with Crippen molar-refractivity contribution in [2.24, 2.45) is 0 Å². The quantitative estimate of drug-likeness (QED) is 0.402. The Morgan fingerprint density at radius 1 is 1.33 bits per heavy atom. The summed E-state index contributed by atoms with van der Waals surface area (Å²) in [5, 5.41) is 0. The number of hydrogen-bond acceptors (Lipinski definition) is 5. The van der Waals surface area contributed by atoms with Gasteiger partial charge in [-0.15, -0.1) is 3.89 Å². The summed E-state index contributed by atoms with van der Waals surface area (Å²) in [5.74, 6) is -1.37. The van der Waals surface area contributed by atoms with Crippen LogP contribution in [0.3, 0.4) is 0 Å². The lowest BCUT2D eigenvalue weighted by atomic mass is 10.2. The second-order valence-corrected chi connectivity index (χ2v) is 5.37. The molecule has 0 N–H and O–H groups in total. The van der Waals surface area contributed by atoms with Gasteiger partial charge in [0.1, 0.15) is 18.0 Å². The molecule has 0 fully saturated rings. The van der Waals surface area contributed by atoms with Crippen LogP contribution in [0.1, 0.15) is 20.8 Å². The average molecular weight is 242 g/mol. The van der Waals surface area contributed by atoms with Crippen LogP contribution < -0.4 is 0 Å². The molecule has 0 aliphatic heterocycles. The SMILES string of the molecule is CC(C)(C)OC(=O)COCCS(=O)(=O)F. The minimum atomic E-state index is -4.53. The Balaban J connectivity index is 3.66. The Bertz CT molecular complexity index is 303. The second-order valence-electron chi connectivity index (χ2n) is 3.88. The zero-order valence-electron chi connectivity index (χ0n) is 8.95. The molecule has 0 aromatic heterocycles. The highest BCUT2D eigenvalue weighted by Crippen LogP contribution is 2.06. The van der Waals surface area contributed by atoms with E-state index in [-0.39, 0.29) is 13.2 Å². The van der Waals surface area contributed by atoms with Crippen LogP contribution in [0.2, 0.25) is 0 Å². The fourth-order valence-corrected chi connectivity index (χ4v) is 1.00. The largest absolute Gasteiger partial charge is 0.458 e. The number of rotatable bonds is 5. The van der Waals surface area contributed by atoms with E-state index in [1.807, 2.05) is 0 Å². The second kappa shape index (κ2) is 5.41. The average Bonchev–Trinajstić information content (AvgIpc) is 1.92. The van der Waals surface area contributed by atoms with Crippen LogP contribution >= 0.6 is 0 Å². The number of halogens is 1. The minimum Gasteiger partial charge on any atom is -0.458 e. The Morgan fingerprint density at radius 3 is 2.27 bits per heavy atom. The molecule has 0 saturated carbocycles. The van der Waals surface area contributed by atoms with Gasteiger partial charge in [0.15, 0.2) is 0 Å². The lowest BCUT2D eigenvalue weighted by Gasteiger charge is -2.19. The van der Waals surface area contributed by atoms with Gasteiger partial charge in [-0.3, -0.25) is 0 Å². The van der Waals surface area contributed by atoms with Gasteiger partial charge in [0.2, 0.25) is 0 Å². The lowest BCUT2D eigenvalue weighted by molar-refractivity contribution is -0.160. The number of ether oxygens (including phenoxy) is 2. The standard InChI is InChI=1S/C8H15FO5S/c1-8(2,3)14-7(10)6-13-4-5-15(9,11)12/h4-6H2,1-3H3. The maximum Gasteiger partial charge on any atom is 0.332 e. The summed E-state index contributed by atoms with van der Waals surface area (Å²) in [4.78, 5) is 11.0. The smallest absolute Gasteiger partial charge is 0.332 e. The third kappa shape index (κ3) is 11.2. The molecule has 15 heavy (non-hydrogen) atoms. The van der Waals surface area contributed by atoms with Crippen molar-refractivity contribution in [3.8, 4) is 0 Å². The molecule has 0 aromatic rings. The molecule has 0 aliphatic carbocycles. The Morgan fingerprint density at radius 2 is 1.87 bits per heavy atom. The first-order valence-corrected chi connectivity index (χ1v) is 5.87. The number of carbonyl (C=O) groups is 1. The molecule has 0 heterocycles. The van der Waals surface area contributed by atoms with E-state index in [1.165, 1.54) is 0 Å². The van der Waals surface area contributed by atoms with Gasteiger partial charge in [-0.05, 0) is 20.8 Å². The van der Waals surface area contributed by atoms with Crippen molar-refractivity contribution >= 4 is 16.2 Å². The monoisotopic (exact) mass is 242 g/mol. The number of carbonyl (C=O) groups excluding carboxylic acids is 1. The molecule has 0 amide bonds. The normalized spacial score (nSPS) is 12.5. The van der Waals surface area contributed by atoms with Crippen molar-refractivity contribution in [2.45, 2.75) is 26.4 Å². The molecule has 0 aromatic carbocycles. The first kappa shape index (κ1) is 14.3. The van der Waals surface area contributed by atoms with E-state index in [0.29, 0.717) is 0 Å². The zero-order chi connectivity index (χ0) is 12.1. The molecule has 0 spiro atoms. The zero-order valence-corrected chi connectivity index (χ0v) is 9.77. The van der Waals surface area contributed by atoms with E-state index in [4.69, 9.17) is 4.74 Å². The lowest BCUT2D eigenvalue weighted by Crippen LogP contribution is -2.27. The van der Waals surface area contributed by atoms with Crippen molar-refractivity contribution in [1.29, 1.82) is 0 Å². The van der Waals surface area contributed by atoms with Crippen LogP contribution in [-0.4, -0.2) is 39.0 Å². The topological polar surface area (TPSA) is 69.7 Å². The van der Waals surface area contributed by atoms with Crippen LogP contribution in [0.15, 0.2) is 0 Å². The molecule has 5 nitrogen and oxygen atoms in total. The molecule has 0 rings (SSSR count). The van der Waals surface area contributed by atoms with Gasteiger partial charge >= 0.3 is 16.2 Å². The highest BCUT2D eigenvalue weighted by molar-refractivity contribution is 7.86. The highest BCUT2D eigenvalue weighted by Gasteiger charge is 2.16. The predicted octanol–water partition coefficient (Wildman–Crippen LogP) is 0.644. The van der Waals surface area contributed by atoms with Gasteiger partial charge in [0, 0.05) is 0 Å². The highest BCUT2D eigenvalue weighted by atomic mass is 32.3. The van der Waals surface area contributed by atoms with E-state index in [9.17, 15) is 17.1 Å². The third-order valence-corrected chi connectivity index (χ3v) is 1.77. The fraction of sp³-hybridized carbons (Fsp3) is 0.875. The van der Waals surface area contributed by atoms with Crippen molar-refractivity contribution in [2.75, 3.05) is 19.0 Å². The number of esters is 1. The molecule has 90 valence electrons. The maximum absolute atomic E-state index is 12.0. The molecule has 0 atom stereocenters. The van der Waals surface area contributed by atoms with Crippen LogP contribution in [0.25, 0.3) is 0 Å². The van der Waals surface area contributed by atoms with Gasteiger partial charge < -0.3 is 9.47 Å². The van der Waals surface area contributed by atoms with Gasteiger partial charge in [0.05, 0.1) is 6.61 Å². The predicted molar refractivity (Wildman–Crippen MR) is 51.6 cm³/mol. The molecule has 7 heteroatoms. The van der Waals surface area contributed by atoms with E-state index in [2.05, 4.69) is 4.74 Å². The molecule has 0 aliphatic rings. The van der Waals surface area contributed by atoms with Gasteiger partial charge in [-0.2, -0.15) is 8.42 Å². The summed E-state index contributed by atoms with van der Waals surface area (Å²) in [7, 11) is -4.53. The van der Waals surface area contributed by atoms with Crippen molar-refractivity contribution in [3.63, 3.8) is 0 Å². The first-order valence-electron chi connectivity index (χ1n) is 4.32. The van der Waals surface area contributed by atoms with Gasteiger partial charge in [-0.1, -0.05) is 0 Å². The summed E-state index contributed by atoms with van der Waals surface area (Å²) in [6.45, 7) is 4.33. The van der Waals surface area contributed by atoms with Crippen LogP contribution in [0.5, 0.6) is 0 Å². The molecular formula is C8H15FO5S. The maximum atomic E-state index is 12.0. The molecule has 0 unspecified atom stereocenters. The minimum absolute atomic E-state index is 0.363. The van der Waals surface area contributed by atoms with Crippen LogP contribution in [0, 0.1) is 0 Å². The van der Waals surface area contributed by atoms with E-state index in [1.54, 1.807) is 20.8 Å². The number of hydrogen-bond donors (Lipinski definition) is 0. The van der Waals surface area contributed by atoms with Crippen molar-refractivity contribution < 1.29 is 26.6 Å². The van der Waals surface area contributed by atoms with E-state index in [0.717, 1.165) is 0 Å². The van der Waals surface area contributed by atoms with Gasteiger partial charge in [-0.25, -0.2) is 4.79 Å². The Hall–Kier alpha value is -0.690. The van der Waals surface area contributed by atoms with E-state index >= 15 is 0 Å². The molecule has 0 saturated heterocycles. The van der Waals surface area contributed by atoms with Crippen LogP contribution in [-0.2, 0) is 24.5 Å². The Kier molecular flexibility index (Phi) is 5.16. The van der Waals surface area contributed by atoms with E-state index < -0.39 is 27.5 Å².